The fraction of sp³-hybridized carbons (Fsp3) is 0.400. The van der Waals surface area contributed by atoms with E-state index in [1.165, 1.54) is 12.8 Å². The number of para-hydroxylation sites is 1. The Kier molecular flexibility index (Phi) is 3.85. The number of aliphatic carboxylic acids is 1. The minimum absolute atomic E-state index is 0.0508. The molecule has 0 amide bonds. The third-order valence-corrected chi connectivity index (χ3v) is 3.61. The van der Waals surface area contributed by atoms with Gasteiger partial charge in [-0.1, -0.05) is 12.1 Å². The van der Waals surface area contributed by atoms with Crippen LogP contribution in [0.5, 0.6) is 0 Å². The van der Waals surface area contributed by atoms with Crippen molar-refractivity contribution in [1.82, 2.24) is 9.97 Å². The molecule has 1 aliphatic heterocycles. The zero-order valence-corrected chi connectivity index (χ0v) is 11.7. The van der Waals surface area contributed by atoms with Gasteiger partial charge in [-0.15, -0.1) is 0 Å². The number of fused-ring (bicyclic) bond motifs is 1. The third-order valence-electron chi connectivity index (χ3n) is 3.61. The van der Waals surface area contributed by atoms with Gasteiger partial charge in [0.15, 0.2) is 0 Å². The van der Waals surface area contributed by atoms with E-state index in [1.807, 2.05) is 24.3 Å². The molecule has 0 radical (unpaired) electrons. The predicted molar refractivity (Wildman–Crippen MR) is 81.7 cm³/mol. The lowest BCUT2D eigenvalue weighted by Crippen LogP contribution is -2.20. The maximum atomic E-state index is 10.6. The Morgan fingerprint density at radius 1 is 1.24 bits per heavy atom. The normalized spacial score (nSPS) is 14.6. The van der Waals surface area contributed by atoms with Crippen molar-refractivity contribution in [2.24, 2.45) is 0 Å². The van der Waals surface area contributed by atoms with Crippen molar-refractivity contribution in [2.45, 2.75) is 19.3 Å². The third kappa shape index (κ3) is 3.04. The van der Waals surface area contributed by atoms with Gasteiger partial charge in [0.05, 0.1) is 11.9 Å². The highest BCUT2D eigenvalue weighted by molar-refractivity contribution is 5.90. The van der Waals surface area contributed by atoms with Gasteiger partial charge < -0.3 is 15.3 Å². The van der Waals surface area contributed by atoms with E-state index in [0.717, 1.165) is 29.8 Å². The fourth-order valence-corrected chi connectivity index (χ4v) is 2.59. The maximum Gasteiger partial charge on any atom is 0.305 e. The highest BCUT2D eigenvalue weighted by Crippen LogP contribution is 2.27. The molecule has 21 heavy (non-hydrogen) atoms. The van der Waals surface area contributed by atoms with Crippen molar-refractivity contribution in [2.75, 3.05) is 29.9 Å². The molecule has 0 atom stereocenters. The predicted octanol–water partition coefficient (Wildman–Crippen LogP) is 2.12. The van der Waals surface area contributed by atoms with Crippen molar-refractivity contribution in [3.05, 3.63) is 24.3 Å². The van der Waals surface area contributed by atoms with E-state index < -0.39 is 5.97 Å². The molecule has 1 saturated heterocycles. The van der Waals surface area contributed by atoms with Crippen LogP contribution in [-0.4, -0.2) is 40.7 Å². The van der Waals surface area contributed by atoms with Gasteiger partial charge in [-0.3, -0.25) is 4.79 Å². The average Bonchev–Trinajstić information content (AvgIpc) is 3.00. The summed E-state index contributed by atoms with van der Waals surface area (Å²) in [4.78, 5) is 21.9. The maximum absolute atomic E-state index is 10.6. The molecule has 2 aromatic rings. The summed E-state index contributed by atoms with van der Waals surface area (Å²) in [5, 5.41) is 12.7. The van der Waals surface area contributed by atoms with E-state index in [4.69, 9.17) is 5.11 Å². The average molecular weight is 286 g/mol. The van der Waals surface area contributed by atoms with E-state index in [1.54, 1.807) is 0 Å². The van der Waals surface area contributed by atoms with Crippen LogP contribution in [0.15, 0.2) is 24.3 Å². The Morgan fingerprint density at radius 3 is 2.76 bits per heavy atom. The van der Waals surface area contributed by atoms with Crippen LogP contribution >= 0.6 is 0 Å². The van der Waals surface area contributed by atoms with Crippen molar-refractivity contribution in [1.29, 1.82) is 0 Å². The number of rotatable bonds is 5. The van der Waals surface area contributed by atoms with E-state index in [2.05, 4.69) is 20.2 Å². The largest absolute Gasteiger partial charge is 0.481 e. The van der Waals surface area contributed by atoms with Crippen molar-refractivity contribution in [3.8, 4) is 0 Å². The number of carboxylic acids is 1. The smallest absolute Gasteiger partial charge is 0.305 e. The number of nitrogens with zero attached hydrogens (tertiary/aromatic N) is 3. The van der Waals surface area contributed by atoms with E-state index in [9.17, 15) is 4.79 Å². The molecule has 3 rings (SSSR count). The van der Waals surface area contributed by atoms with Crippen LogP contribution in [0.2, 0.25) is 0 Å². The minimum Gasteiger partial charge on any atom is -0.481 e. The topological polar surface area (TPSA) is 78.3 Å². The van der Waals surface area contributed by atoms with Gasteiger partial charge in [0.25, 0.3) is 0 Å². The van der Waals surface area contributed by atoms with E-state index in [-0.39, 0.29) is 6.42 Å². The molecule has 0 spiro atoms. The number of carboxylic acid groups (broad SMARTS) is 1. The molecule has 0 aliphatic carbocycles. The van der Waals surface area contributed by atoms with Crippen molar-refractivity contribution in [3.63, 3.8) is 0 Å². The molecule has 0 saturated carbocycles. The van der Waals surface area contributed by atoms with Gasteiger partial charge in [-0.05, 0) is 25.0 Å². The Hall–Kier alpha value is -2.37. The van der Waals surface area contributed by atoms with Gasteiger partial charge in [0.2, 0.25) is 5.95 Å². The molecule has 0 bridgehead atoms. The van der Waals surface area contributed by atoms with Gasteiger partial charge in [0, 0.05) is 25.0 Å². The van der Waals surface area contributed by atoms with Crippen LogP contribution in [0.4, 0.5) is 11.8 Å². The molecule has 0 unspecified atom stereocenters. The standard InChI is InChI=1S/C15H18N4O2/c20-13(21)7-8-16-15-17-12-6-2-1-5-11(12)14(18-15)19-9-3-4-10-19/h1-2,5-6H,3-4,7-10H2,(H,20,21)(H,16,17,18). The highest BCUT2D eigenvalue weighted by atomic mass is 16.4. The van der Waals surface area contributed by atoms with E-state index >= 15 is 0 Å². The first-order chi connectivity index (χ1) is 10.2. The second-order valence-electron chi connectivity index (χ2n) is 5.15. The van der Waals surface area contributed by atoms with Crippen molar-refractivity contribution >= 4 is 28.6 Å². The SMILES string of the molecule is O=C(O)CCNc1nc(N2CCCC2)c2ccccc2n1. The Morgan fingerprint density at radius 2 is 2.00 bits per heavy atom. The number of hydrogen-bond acceptors (Lipinski definition) is 5. The second kappa shape index (κ2) is 5.95. The number of nitrogens with one attached hydrogen (secondary N) is 1. The highest BCUT2D eigenvalue weighted by Gasteiger charge is 2.17. The van der Waals surface area contributed by atoms with Gasteiger partial charge >= 0.3 is 5.97 Å². The van der Waals surface area contributed by atoms with Gasteiger partial charge in [0.1, 0.15) is 5.82 Å². The first-order valence-corrected chi connectivity index (χ1v) is 7.21. The van der Waals surface area contributed by atoms with Crippen LogP contribution in [0.1, 0.15) is 19.3 Å². The summed E-state index contributed by atoms with van der Waals surface area (Å²) in [6.07, 6.45) is 2.41. The number of benzene rings is 1. The summed E-state index contributed by atoms with van der Waals surface area (Å²) < 4.78 is 0. The van der Waals surface area contributed by atoms with Crippen LogP contribution in [0.3, 0.4) is 0 Å². The zero-order chi connectivity index (χ0) is 14.7. The molecule has 6 nitrogen and oxygen atoms in total. The summed E-state index contributed by atoms with van der Waals surface area (Å²) in [5.41, 5.74) is 0.882. The number of carbonyl (C=O) groups is 1. The van der Waals surface area contributed by atoms with Gasteiger partial charge in [-0.2, -0.15) is 4.98 Å². The Balaban J connectivity index is 1.92. The lowest BCUT2D eigenvalue weighted by Gasteiger charge is -2.19. The summed E-state index contributed by atoms with van der Waals surface area (Å²) >= 11 is 0. The first-order valence-electron chi connectivity index (χ1n) is 7.21. The molecule has 110 valence electrons. The van der Waals surface area contributed by atoms with Crippen molar-refractivity contribution < 1.29 is 9.90 Å². The summed E-state index contributed by atoms with van der Waals surface area (Å²) in [6, 6.07) is 7.93. The molecule has 1 fully saturated rings. The molecule has 1 aromatic heterocycles. The summed E-state index contributed by atoms with van der Waals surface area (Å²) in [6.45, 7) is 2.35. The van der Waals surface area contributed by atoms with Crippen LogP contribution in [-0.2, 0) is 4.79 Å². The second-order valence-corrected chi connectivity index (χ2v) is 5.15. The molecule has 6 heteroatoms. The molecular weight excluding hydrogens is 268 g/mol. The minimum atomic E-state index is -0.831. The molecular formula is C15H18N4O2. The molecule has 1 aromatic carbocycles. The van der Waals surface area contributed by atoms with E-state index in [0.29, 0.717) is 12.5 Å². The molecule has 2 N–H and O–H groups in total. The zero-order valence-electron chi connectivity index (χ0n) is 11.7. The fourth-order valence-electron chi connectivity index (χ4n) is 2.59. The number of hydrogen-bond donors (Lipinski definition) is 2. The lowest BCUT2D eigenvalue weighted by atomic mass is 10.2. The van der Waals surface area contributed by atoms with Crippen LogP contribution < -0.4 is 10.2 Å². The first kappa shape index (κ1) is 13.6. The Bertz CT molecular complexity index is 653. The molecule has 1 aliphatic rings. The van der Waals surface area contributed by atoms with Crippen LogP contribution in [0, 0.1) is 0 Å². The monoisotopic (exact) mass is 286 g/mol. The summed E-state index contributed by atoms with van der Waals surface area (Å²) in [5.74, 6) is 0.607. The molecule has 2 heterocycles. The number of anilines is 2. The quantitative estimate of drug-likeness (QED) is 0.876. The van der Waals surface area contributed by atoms with Crippen LogP contribution in [0.25, 0.3) is 10.9 Å². The van der Waals surface area contributed by atoms with Gasteiger partial charge in [-0.25, -0.2) is 4.98 Å². The lowest BCUT2D eigenvalue weighted by molar-refractivity contribution is -0.136. The summed E-state index contributed by atoms with van der Waals surface area (Å²) in [7, 11) is 0. The Labute approximate surface area is 122 Å². The number of aromatic nitrogens is 2.